The molecule has 2 unspecified atom stereocenters. The molecule has 1 aliphatic carbocycles. The molecule has 4 heterocycles. The van der Waals surface area contributed by atoms with Gasteiger partial charge in [0.25, 0.3) is 5.56 Å². The fourth-order valence-corrected chi connectivity index (χ4v) is 5.56. The summed E-state index contributed by atoms with van der Waals surface area (Å²) in [6.45, 7) is 5.70. The lowest BCUT2D eigenvalue weighted by Gasteiger charge is -2.25. The van der Waals surface area contributed by atoms with Gasteiger partial charge in [-0.3, -0.25) is 19.3 Å². The fourth-order valence-electron chi connectivity index (χ4n) is 5.56. The van der Waals surface area contributed by atoms with E-state index in [-0.39, 0.29) is 24.6 Å². The van der Waals surface area contributed by atoms with E-state index in [1.54, 1.807) is 44.1 Å². The molecule has 234 valence electrons. The van der Waals surface area contributed by atoms with Crippen LogP contribution in [-0.4, -0.2) is 52.4 Å². The Balaban J connectivity index is 1.23. The summed E-state index contributed by atoms with van der Waals surface area (Å²) < 4.78 is 26.4. The summed E-state index contributed by atoms with van der Waals surface area (Å²) in [5.41, 5.74) is 7.06. The monoisotopic (exact) mass is 612 g/mol. The normalized spacial score (nSPS) is 21.4. The zero-order chi connectivity index (χ0) is 31.7. The van der Waals surface area contributed by atoms with Gasteiger partial charge in [-0.2, -0.15) is 0 Å². The molecule has 1 saturated heterocycles. The molecule has 4 atom stereocenters. The zero-order valence-corrected chi connectivity index (χ0v) is 25.6. The molecule has 2 aliphatic heterocycles. The molecule has 0 amide bonds. The van der Waals surface area contributed by atoms with Crippen LogP contribution in [0, 0.1) is 12.8 Å². The van der Waals surface area contributed by atoms with Crippen LogP contribution in [0.2, 0.25) is 0 Å². The van der Waals surface area contributed by atoms with Crippen molar-refractivity contribution >= 4 is 18.0 Å². The van der Waals surface area contributed by atoms with Crippen LogP contribution < -0.4 is 21.3 Å². The summed E-state index contributed by atoms with van der Waals surface area (Å²) in [7, 11) is 1.64. The first-order valence-corrected chi connectivity index (χ1v) is 14.8. The Hall–Kier alpha value is -4.94. The van der Waals surface area contributed by atoms with Crippen LogP contribution in [0.25, 0.3) is 5.69 Å². The third-order valence-corrected chi connectivity index (χ3v) is 7.90. The first-order valence-electron chi connectivity index (χ1n) is 14.8. The Morgan fingerprint density at radius 3 is 2.67 bits per heavy atom. The minimum Gasteiger partial charge on any atom is -0.497 e. The molecule has 1 fully saturated rings. The van der Waals surface area contributed by atoms with Crippen LogP contribution in [0.4, 0.5) is 5.82 Å². The number of allylic oxidation sites excluding steroid dienone is 3. The number of rotatable bonds is 11. The lowest BCUT2D eigenvalue weighted by atomic mass is 9.92. The number of anilines is 1. The maximum atomic E-state index is 14.1. The van der Waals surface area contributed by atoms with Gasteiger partial charge >= 0.3 is 5.97 Å². The Bertz CT molecular complexity index is 1760. The second-order valence-corrected chi connectivity index (χ2v) is 11.3. The smallest absolute Gasteiger partial charge is 0.322 e. The number of ether oxygens (including phenoxy) is 4. The summed E-state index contributed by atoms with van der Waals surface area (Å²) >= 11 is 0. The number of methoxy groups -OCH3 is 1. The van der Waals surface area contributed by atoms with E-state index in [9.17, 15) is 9.59 Å². The van der Waals surface area contributed by atoms with Crippen LogP contribution in [0.15, 0.2) is 93.9 Å². The lowest BCUT2D eigenvalue weighted by molar-refractivity contribution is -0.150. The number of hydrogen-bond donors (Lipinski definition) is 2. The van der Waals surface area contributed by atoms with Crippen LogP contribution in [0.5, 0.6) is 5.75 Å². The highest BCUT2D eigenvalue weighted by atomic mass is 16.6. The average molecular weight is 613 g/mol. The van der Waals surface area contributed by atoms with Crippen molar-refractivity contribution in [2.75, 3.05) is 19.0 Å². The van der Waals surface area contributed by atoms with Gasteiger partial charge in [0, 0.05) is 18.0 Å². The van der Waals surface area contributed by atoms with E-state index in [0.717, 1.165) is 23.6 Å². The number of epoxide rings is 1. The Labute approximate surface area is 260 Å². The number of benzene rings is 1. The molecule has 12 heteroatoms. The van der Waals surface area contributed by atoms with Gasteiger partial charge < -0.3 is 30.0 Å². The summed E-state index contributed by atoms with van der Waals surface area (Å²) in [4.78, 5) is 35.2. The molecule has 3 aromatic rings. The van der Waals surface area contributed by atoms with E-state index in [1.807, 2.05) is 66.2 Å². The highest BCUT2D eigenvalue weighted by Crippen LogP contribution is 2.40. The molecule has 12 nitrogen and oxygen atoms in total. The molecule has 2 aromatic heterocycles. The summed E-state index contributed by atoms with van der Waals surface area (Å²) in [6.07, 6.45) is 9.31. The number of pyridine rings is 1. The summed E-state index contributed by atoms with van der Waals surface area (Å²) in [5, 5.41) is 3.32. The molecule has 3 N–H and O–H groups in total. The highest BCUT2D eigenvalue weighted by Gasteiger charge is 2.52. The topological polar surface area (TPSA) is 148 Å². The maximum absolute atomic E-state index is 14.1. The number of nitrogens with one attached hydrogen (secondary N) is 1. The van der Waals surface area contributed by atoms with Gasteiger partial charge in [-0.05, 0) is 63.6 Å². The Morgan fingerprint density at radius 2 is 2.00 bits per heavy atom. The molecule has 0 saturated carbocycles. The number of fused-ring (bicyclic) bond motifs is 1. The maximum Gasteiger partial charge on any atom is 0.322 e. The molecule has 0 radical (unpaired) electrons. The molecular weight excluding hydrogens is 576 g/mol. The van der Waals surface area contributed by atoms with Crippen LogP contribution in [0.3, 0.4) is 0 Å². The minimum absolute atomic E-state index is 0.00132. The van der Waals surface area contributed by atoms with Gasteiger partial charge in [0.2, 0.25) is 0 Å². The molecule has 0 spiro atoms. The number of esters is 1. The number of dihydropyridines is 1. The van der Waals surface area contributed by atoms with Crippen molar-refractivity contribution in [3.63, 3.8) is 0 Å². The number of para-hydroxylation sites is 1. The van der Waals surface area contributed by atoms with Crippen LogP contribution >= 0.6 is 0 Å². The first kappa shape index (κ1) is 30.1. The van der Waals surface area contributed by atoms with Gasteiger partial charge in [-0.1, -0.05) is 18.2 Å². The number of carbonyl (C=O) groups excluding carboxylic acids is 1. The standard InChI is InChI=1S/C33H36N6O6/c1-20(44-32(41)21(2)34)18-38-22(3)30(31(40)39(38)23-8-6-5-7-9-23)33(19-43-33)37-29-13-11-25(17-36-29)45-28-14-15-35-27-16-24(42-4)10-12-26(27)28/h5-11,13-17,20-21,26H,12,18-19,34H2,1-4H3,(H,36,37)/t20-,21+,26?,33?/m1/s1. The molecule has 3 aliphatic rings. The second kappa shape index (κ2) is 12.2. The molecule has 1 aromatic carbocycles. The predicted octanol–water partition coefficient (Wildman–Crippen LogP) is 3.70. The van der Waals surface area contributed by atoms with Crippen molar-refractivity contribution in [1.29, 1.82) is 0 Å². The second-order valence-electron chi connectivity index (χ2n) is 11.3. The van der Waals surface area contributed by atoms with Crippen molar-refractivity contribution in [3.05, 3.63) is 106 Å². The van der Waals surface area contributed by atoms with E-state index in [0.29, 0.717) is 28.5 Å². The van der Waals surface area contributed by atoms with E-state index < -0.39 is 23.8 Å². The zero-order valence-electron chi connectivity index (χ0n) is 25.6. The van der Waals surface area contributed by atoms with Crippen molar-refractivity contribution in [1.82, 2.24) is 14.3 Å². The van der Waals surface area contributed by atoms with Gasteiger partial charge in [0.05, 0.1) is 42.7 Å². The van der Waals surface area contributed by atoms with Gasteiger partial charge in [0.1, 0.15) is 41.8 Å². The van der Waals surface area contributed by atoms with E-state index >= 15 is 0 Å². The predicted molar refractivity (Wildman–Crippen MR) is 168 cm³/mol. The van der Waals surface area contributed by atoms with E-state index in [4.69, 9.17) is 24.7 Å². The average Bonchev–Trinajstić information content (AvgIpc) is 3.76. The highest BCUT2D eigenvalue weighted by molar-refractivity contribution is 5.75. The number of carbonyl (C=O) groups is 1. The molecule has 45 heavy (non-hydrogen) atoms. The Kier molecular flexibility index (Phi) is 8.17. The first-order chi connectivity index (χ1) is 21.7. The quantitative estimate of drug-likeness (QED) is 0.244. The van der Waals surface area contributed by atoms with Gasteiger partial charge in [0.15, 0.2) is 5.72 Å². The van der Waals surface area contributed by atoms with Crippen LogP contribution in [0.1, 0.15) is 31.5 Å². The summed E-state index contributed by atoms with van der Waals surface area (Å²) in [6, 6.07) is 12.1. The van der Waals surface area contributed by atoms with Crippen LogP contribution in [-0.2, 0) is 31.3 Å². The van der Waals surface area contributed by atoms with Crippen molar-refractivity contribution in [2.45, 2.75) is 51.6 Å². The van der Waals surface area contributed by atoms with E-state index in [2.05, 4.69) is 15.3 Å². The third-order valence-electron chi connectivity index (χ3n) is 7.90. The Morgan fingerprint density at radius 1 is 1.22 bits per heavy atom. The minimum atomic E-state index is -1.07. The number of hydrogen-bond acceptors (Lipinski definition) is 10. The largest absolute Gasteiger partial charge is 0.497 e. The van der Waals surface area contributed by atoms with E-state index in [1.165, 1.54) is 0 Å². The van der Waals surface area contributed by atoms with Gasteiger partial charge in [-0.15, -0.1) is 0 Å². The number of nitrogens with two attached hydrogens (primary N) is 1. The summed E-state index contributed by atoms with van der Waals surface area (Å²) in [5.74, 6) is 2.13. The lowest BCUT2D eigenvalue weighted by Crippen LogP contribution is -2.34. The third kappa shape index (κ3) is 6.06. The number of nitrogens with zero attached hydrogens (tertiary/aromatic N) is 4. The number of aliphatic imine (C=N–C) groups is 1. The van der Waals surface area contributed by atoms with Crippen molar-refractivity contribution < 1.29 is 23.7 Å². The SMILES string of the molecule is COC1=CCC2C(=C1)N=CC=C2Oc1ccc(NC2(c3c(C)n(C[C@@H](C)OC(=O)[C@H](C)N)n(-c4ccccc4)c3=O)CO2)nc1. The molecule has 6 rings (SSSR count). The fraction of sp³-hybridized carbons (Fsp3) is 0.333. The van der Waals surface area contributed by atoms with Crippen molar-refractivity contribution in [3.8, 4) is 11.4 Å². The molecular formula is C33H36N6O6. The van der Waals surface area contributed by atoms with Crippen molar-refractivity contribution in [2.24, 2.45) is 16.6 Å². The number of aromatic nitrogens is 3. The molecule has 0 bridgehead atoms. The van der Waals surface area contributed by atoms with Gasteiger partial charge in [-0.25, -0.2) is 9.67 Å².